The molecule has 0 bridgehead atoms. The fourth-order valence-electron chi connectivity index (χ4n) is 5.49. The maximum Gasteiger partial charge on any atom is 0.321 e. The van der Waals surface area contributed by atoms with Gasteiger partial charge in [0.25, 0.3) is 0 Å². The number of anilines is 1. The number of likely N-dealkylation sites (tertiary alicyclic amines) is 2. The number of amides is 5. The predicted octanol–water partition coefficient (Wildman–Crippen LogP) is 1.81. The van der Waals surface area contributed by atoms with E-state index in [1.165, 1.54) is 0 Å². The summed E-state index contributed by atoms with van der Waals surface area (Å²) in [4.78, 5) is 43.6. The van der Waals surface area contributed by atoms with Crippen molar-refractivity contribution in [1.82, 2.24) is 20.0 Å². The zero-order chi connectivity index (χ0) is 22.2. The number of piperidine rings is 1. The number of urea groups is 2. The summed E-state index contributed by atoms with van der Waals surface area (Å²) in [7, 11) is 5.06. The lowest BCUT2D eigenvalue weighted by Crippen LogP contribution is -2.53. The number of benzene rings is 1. The predicted molar refractivity (Wildman–Crippen MR) is 116 cm³/mol. The van der Waals surface area contributed by atoms with Crippen LogP contribution in [0, 0.1) is 10.8 Å². The van der Waals surface area contributed by atoms with Gasteiger partial charge in [-0.05, 0) is 31.4 Å². The molecule has 3 aliphatic heterocycles. The Morgan fingerprint density at radius 2 is 1.87 bits per heavy atom. The van der Waals surface area contributed by atoms with Gasteiger partial charge in [0.1, 0.15) is 5.75 Å². The van der Waals surface area contributed by atoms with Gasteiger partial charge >= 0.3 is 12.1 Å². The molecule has 0 aliphatic carbocycles. The lowest BCUT2D eigenvalue weighted by Gasteiger charge is -2.46. The van der Waals surface area contributed by atoms with E-state index in [0.29, 0.717) is 57.0 Å². The number of nitrogens with zero attached hydrogens (tertiary/aromatic N) is 3. The molecule has 2 N–H and O–H groups in total. The van der Waals surface area contributed by atoms with Crippen LogP contribution < -0.4 is 15.4 Å². The number of hydrogen-bond donors (Lipinski definition) is 2. The van der Waals surface area contributed by atoms with E-state index in [-0.39, 0.29) is 23.4 Å². The molecule has 0 aromatic heterocycles. The number of rotatable bonds is 2. The zero-order valence-corrected chi connectivity index (χ0v) is 18.4. The van der Waals surface area contributed by atoms with Crippen molar-refractivity contribution < 1.29 is 19.1 Å². The van der Waals surface area contributed by atoms with Gasteiger partial charge in [0, 0.05) is 64.0 Å². The van der Waals surface area contributed by atoms with Crippen LogP contribution in [0.4, 0.5) is 15.3 Å². The SMILES string of the molecule is COc1cccc(NC(=O)N2CCC3(CC2)CN(C(=O)N(C)C)C[C@]32CCNC2=O)c1. The third-order valence-electron chi connectivity index (χ3n) is 7.22. The normalized spacial score (nSPS) is 24.4. The molecule has 2 spiro atoms. The molecule has 0 saturated carbocycles. The smallest absolute Gasteiger partial charge is 0.321 e. The van der Waals surface area contributed by atoms with E-state index in [4.69, 9.17) is 4.74 Å². The molecule has 1 atom stereocenters. The molecular formula is C22H31N5O4. The summed E-state index contributed by atoms with van der Waals surface area (Å²) in [5.74, 6) is 0.733. The number of carbonyl (C=O) groups excluding carboxylic acids is 3. The van der Waals surface area contributed by atoms with Crippen LogP contribution in [0.15, 0.2) is 24.3 Å². The molecule has 0 radical (unpaired) electrons. The van der Waals surface area contributed by atoms with Crippen molar-refractivity contribution in [2.75, 3.05) is 59.2 Å². The molecule has 3 fully saturated rings. The first-order chi connectivity index (χ1) is 14.8. The van der Waals surface area contributed by atoms with Crippen LogP contribution in [-0.4, -0.2) is 86.6 Å². The molecule has 1 aromatic carbocycles. The molecule has 9 heteroatoms. The minimum Gasteiger partial charge on any atom is -0.497 e. The van der Waals surface area contributed by atoms with E-state index in [2.05, 4.69) is 10.6 Å². The number of ether oxygens (including phenoxy) is 1. The van der Waals surface area contributed by atoms with E-state index in [9.17, 15) is 14.4 Å². The van der Waals surface area contributed by atoms with Crippen LogP contribution in [0.2, 0.25) is 0 Å². The molecular weight excluding hydrogens is 398 g/mol. The maximum atomic E-state index is 13.0. The second-order valence-electron chi connectivity index (χ2n) is 9.05. The highest BCUT2D eigenvalue weighted by atomic mass is 16.5. The van der Waals surface area contributed by atoms with Gasteiger partial charge in [-0.1, -0.05) is 6.07 Å². The highest BCUT2D eigenvalue weighted by molar-refractivity contribution is 5.90. The van der Waals surface area contributed by atoms with Gasteiger partial charge in [-0.15, -0.1) is 0 Å². The number of carbonyl (C=O) groups is 3. The average molecular weight is 430 g/mol. The summed E-state index contributed by atoms with van der Waals surface area (Å²) in [6.07, 6.45) is 2.13. The summed E-state index contributed by atoms with van der Waals surface area (Å²) in [6.45, 7) is 2.75. The van der Waals surface area contributed by atoms with Crippen molar-refractivity contribution in [3.05, 3.63) is 24.3 Å². The molecule has 3 heterocycles. The number of nitrogens with one attached hydrogen (secondary N) is 2. The van der Waals surface area contributed by atoms with Crippen LogP contribution in [-0.2, 0) is 4.79 Å². The summed E-state index contributed by atoms with van der Waals surface area (Å²) in [6, 6.07) is 7.04. The third-order valence-corrected chi connectivity index (χ3v) is 7.22. The Balaban J connectivity index is 1.48. The molecule has 3 aliphatic rings. The fraction of sp³-hybridized carbons (Fsp3) is 0.591. The van der Waals surface area contributed by atoms with E-state index < -0.39 is 5.41 Å². The second kappa shape index (κ2) is 7.94. The van der Waals surface area contributed by atoms with Crippen LogP contribution in [0.1, 0.15) is 19.3 Å². The Morgan fingerprint density at radius 3 is 2.48 bits per heavy atom. The zero-order valence-electron chi connectivity index (χ0n) is 18.4. The minimum absolute atomic E-state index is 0.0517. The first kappa shape index (κ1) is 21.3. The van der Waals surface area contributed by atoms with Gasteiger partial charge in [0.2, 0.25) is 5.91 Å². The van der Waals surface area contributed by atoms with Crippen molar-refractivity contribution in [2.24, 2.45) is 10.8 Å². The van der Waals surface area contributed by atoms with Crippen LogP contribution in [0.5, 0.6) is 5.75 Å². The third kappa shape index (κ3) is 3.55. The first-order valence-corrected chi connectivity index (χ1v) is 10.7. The van der Waals surface area contributed by atoms with Crippen LogP contribution in [0.3, 0.4) is 0 Å². The van der Waals surface area contributed by atoms with Crippen LogP contribution in [0.25, 0.3) is 0 Å². The van der Waals surface area contributed by atoms with E-state index in [1.54, 1.807) is 37.1 Å². The molecule has 1 aromatic rings. The highest BCUT2D eigenvalue weighted by Crippen LogP contribution is 2.56. The molecule has 168 valence electrons. The van der Waals surface area contributed by atoms with E-state index in [1.807, 2.05) is 23.1 Å². The molecule has 9 nitrogen and oxygen atoms in total. The Labute approximate surface area is 182 Å². The molecule has 31 heavy (non-hydrogen) atoms. The van der Waals surface area contributed by atoms with Gasteiger partial charge in [-0.3, -0.25) is 4.79 Å². The summed E-state index contributed by atoms with van der Waals surface area (Å²) in [5, 5.41) is 5.93. The Bertz CT molecular complexity index is 880. The quantitative estimate of drug-likeness (QED) is 0.750. The topological polar surface area (TPSA) is 94.2 Å². The monoisotopic (exact) mass is 429 g/mol. The second-order valence-corrected chi connectivity index (χ2v) is 9.05. The van der Waals surface area contributed by atoms with Crippen molar-refractivity contribution in [2.45, 2.75) is 19.3 Å². The van der Waals surface area contributed by atoms with Crippen molar-refractivity contribution in [3.63, 3.8) is 0 Å². The average Bonchev–Trinajstić information content (AvgIpc) is 3.29. The van der Waals surface area contributed by atoms with Gasteiger partial charge in [-0.2, -0.15) is 0 Å². The number of methoxy groups -OCH3 is 1. The molecule has 5 amide bonds. The van der Waals surface area contributed by atoms with Gasteiger partial charge in [-0.25, -0.2) is 9.59 Å². The van der Waals surface area contributed by atoms with Crippen molar-refractivity contribution >= 4 is 23.7 Å². The molecule has 0 unspecified atom stereocenters. The van der Waals surface area contributed by atoms with Gasteiger partial charge in [0.15, 0.2) is 0 Å². The first-order valence-electron chi connectivity index (χ1n) is 10.7. The standard InChI is InChI=1S/C22H31N5O4/c1-25(2)20(30)27-14-21(22(15-27)7-10-23-18(22)28)8-11-26(12-9-21)19(29)24-16-5-4-6-17(13-16)31-3/h4-6,13H,7-12,14-15H2,1-3H3,(H,23,28)(H,24,29)/t22-/m0/s1. The Hall–Kier alpha value is -2.97. The Kier molecular flexibility index (Phi) is 5.45. The summed E-state index contributed by atoms with van der Waals surface area (Å²) in [5.41, 5.74) is -0.181. The van der Waals surface area contributed by atoms with Crippen molar-refractivity contribution in [1.29, 1.82) is 0 Å². The van der Waals surface area contributed by atoms with Gasteiger partial charge in [0.05, 0.1) is 12.5 Å². The van der Waals surface area contributed by atoms with Gasteiger partial charge < -0.3 is 30.1 Å². The molecule has 3 saturated heterocycles. The van der Waals surface area contributed by atoms with E-state index >= 15 is 0 Å². The summed E-state index contributed by atoms with van der Waals surface area (Å²) < 4.78 is 5.22. The number of fused-ring (bicyclic) bond motifs is 1. The minimum atomic E-state index is -0.561. The summed E-state index contributed by atoms with van der Waals surface area (Å²) >= 11 is 0. The Morgan fingerprint density at radius 1 is 1.13 bits per heavy atom. The fourth-order valence-corrected chi connectivity index (χ4v) is 5.49. The van der Waals surface area contributed by atoms with E-state index in [0.717, 1.165) is 6.42 Å². The van der Waals surface area contributed by atoms with Crippen LogP contribution >= 0.6 is 0 Å². The number of hydrogen-bond acceptors (Lipinski definition) is 4. The lowest BCUT2D eigenvalue weighted by atomic mass is 9.60. The lowest BCUT2D eigenvalue weighted by molar-refractivity contribution is -0.133. The largest absolute Gasteiger partial charge is 0.497 e. The van der Waals surface area contributed by atoms with Crippen molar-refractivity contribution in [3.8, 4) is 5.75 Å². The highest BCUT2D eigenvalue weighted by Gasteiger charge is 2.64. The molecule has 4 rings (SSSR count). The maximum absolute atomic E-state index is 13.0.